The Kier molecular flexibility index (Phi) is 5.65. The van der Waals surface area contributed by atoms with Crippen LogP contribution >= 0.6 is 0 Å². The third-order valence-electron chi connectivity index (χ3n) is 8.56. The van der Waals surface area contributed by atoms with Crippen molar-refractivity contribution in [3.05, 3.63) is 155 Å². The van der Waals surface area contributed by atoms with Gasteiger partial charge < -0.3 is 0 Å². The highest BCUT2D eigenvalue weighted by Crippen LogP contribution is 2.50. The van der Waals surface area contributed by atoms with Gasteiger partial charge in [0.2, 0.25) is 0 Å². The molecule has 0 spiro atoms. The molecule has 1 aliphatic rings. The first-order valence-corrected chi connectivity index (χ1v) is 13.9. The molecule has 40 heavy (non-hydrogen) atoms. The third-order valence-corrected chi connectivity index (χ3v) is 8.56. The van der Waals surface area contributed by atoms with Crippen molar-refractivity contribution in [1.82, 2.24) is 0 Å². The summed E-state index contributed by atoms with van der Waals surface area (Å²) < 4.78 is 0. The molecule has 7 rings (SSSR count). The van der Waals surface area contributed by atoms with E-state index in [9.17, 15) is 5.26 Å². The lowest BCUT2D eigenvalue weighted by Crippen LogP contribution is -2.15. The zero-order chi connectivity index (χ0) is 27.3. The van der Waals surface area contributed by atoms with Crippen LogP contribution < -0.4 is 0 Å². The van der Waals surface area contributed by atoms with Crippen LogP contribution in [-0.2, 0) is 11.8 Å². The van der Waals surface area contributed by atoms with E-state index in [-0.39, 0.29) is 5.41 Å². The van der Waals surface area contributed by atoms with Crippen molar-refractivity contribution < 1.29 is 0 Å². The van der Waals surface area contributed by atoms with Gasteiger partial charge in [0.15, 0.2) is 0 Å². The van der Waals surface area contributed by atoms with Crippen LogP contribution in [0.2, 0.25) is 0 Å². The third kappa shape index (κ3) is 3.93. The molecule has 0 bridgehead atoms. The summed E-state index contributed by atoms with van der Waals surface area (Å²) in [6.45, 7) is 4.54. The van der Waals surface area contributed by atoms with Crippen molar-refractivity contribution in [2.75, 3.05) is 0 Å². The monoisotopic (exact) mass is 511 g/mol. The highest BCUT2D eigenvalue weighted by molar-refractivity contribution is 6.05. The Morgan fingerprint density at radius 2 is 1.05 bits per heavy atom. The summed E-state index contributed by atoms with van der Waals surface area (Å²) in [7, 11) is 0. The fourth-order valence-electron chi connectivity index (χ4n) is 6.41. The zero-order valence-electron chi connectivity index (χ0n) is 22.8. The summed E-state index contributed by atoms with van der Waals surface area (Å²) >= 11 is 0. The Morgan fingerprint density at radius 3 is 1.73 bits per heavy atom. The van der Waals surface area contributed by atoms with Gasteiger partial charge in [-0.2, -0.15) is 5.26 Å². The molecule has 1 aliphatic carbocycles. The first kappa shape index (κ1) is 24.1. The minimum absolute atomic E-state index is 0.162. The number of hydrogen-bond donors (Lipinski definition) is 0. The van der Waals surface area contributed by atoms with Gasteiger partial charge in [0.25, 0.3) is 0 Å². The van der Waals surface area contributed by atoms with Gasteiger partial charge in [-0.05, 0) is 91.0 Å². The van der Waals surface area contributed by atoms with Crippen LogP contribution in [0, 0.1) is 11.3 Å². The highest BCUT2D eigenvalue weighted by atomic mass is 14.4. The van der Waals surface area contributed by atoms with E-state index in [1.165, 1.54) is 66.4 Å². The maximum Gasteiger partial charge on any atom is 0.0991 e. The Morgan fingerprint density at radius 1 is 0.525 bits per heavy atom. The summed E-state index contributed by atoms with van der Waals surface area (Å²) in [5.41, 5.74) is 13.2. The van der Waals surface area contributed by atoms with Crippen molar-refractivity contribution in [2.24, 2.45) is 0 Å². The van der Waals surface area contributed by atoms with Crippen LogP contribution in [0.25, 0.3) is 44.2 Å². The van der Waals surface area contributed by atoms with E-state index in [0.29, 0.717) is 0 Å². The molecule has 0 aliphatic heterocycles. The first-order valence-electron chi connectivity index (χ1n) is 13.9. The van der Waals surface area contributed by atoms with E-state index in [4.69, 9.17) is 0 Å². The normalized spacial score (nSPS) is 13.0. The highest BCUT2D eigenvalue weighted by Gasteiger charge is 2.35. The molecule has 1 nitrogen and oxygen atoms in total. The molecule has 0 saturated heterocycles. The Labute approximate surface area is 236 Å². The van der Waals surface area contributed by atoms with E-state index in [0.717, 1.165) is 12.0 Å². The SMILES string of the molecule is CC1(C)c2cc(C#N)ccc2-c2ccc(-c3ccc(-c4ccc(Cc5ccccc5)cc4)c4ccccc34)cc21. The second kappa shape index (κ2) is 9.37. The Hall–Kier alpha value is -4.93. The van der Waals surface area contributed by atoms with E-state index in [2.05, 4.69) is 141 Å². The number of rotatable bonds is 4. The van der Waals surface area contributed by atoms with E-state index in [1.807, 2.05) is 6.07 Å². The van der Waals surface area contributed by atoms with Crippen LogP contribution in [0.1, 0.15) is 41.7 Å². The maximum atomic E-state index is 9.48. The van der Waals surface area contributed by atoms with Gasteiger partial charge in [0, 0.05) is 5.41 Å². The standard InChI is InChI=1S/C39H29N/c1-39(2)37-23-28(25-40)14-18-35(37)36-19-17-30(24-38(36)39)32-21-20-31(33-10-6-7-11-34(32)33)29-15-12-27(13-16-29)22-26-8-4-3-5-9-26/h3-21,23-24H,22H2,1-2H3. The largest absolute Gasteiger partial charge is 0.192 e. The van der Waals surface area contributed by atoms with Crippen LogP contribution in [0.5, 0.6) is 0 Å². The van der Waals surface area contributed by atoms with Crippen LogP contribution in [-0.4, -0.2) is 0 Å². The average Bonchev–Trinajstić information content (AvgIpc) is 3.23. The second-order valence-electron chi connectivity index (χ2n) is 11.3. The molecular weight excluding hydrogens is 482 g/mol. The molecule has 0 atom stereocenters. The van der Waals surface area contributed by atoms with E-state index >= 15 is 0 Å². The van der Waals surface area contributed by atoms with Crippen molar-refractivity contribution in [1.29, 1.82) is 5.26 Å². The van der Waals surface area contributed by atoms with E-state index in [1.54, 1.807) is 0 Å². The number of benzene rings is 6. The van der Waals surface area contributed by atoms with E-state index < -0.39 is 0 Å². The minimum atomic E-state index is -0.162. The molecule has 190 valence electrons. The summed E-state index contributed by atoms with van der Waals surface area (Å²) in [6.07, 6.45) is 0.942. The molecule has 1 heteroatoms. The molecule has 0 heterocycles. The van der Waals surface area contributed by atoms with Gasteiger partial charge in [-0.25, -0.2) is 0 Å². The average molecular weight is 512 g/mol. The smallest absolute Gasteiger partial charge is 0.0991 e. The van der Waals surface area contributed by atoms with Crippen LogP contribution in [0.3, 0.4) is 0 Å². The summed E-state index contributed by atoms with van der Waals surface area (Å²) in [6, 6.07) is 48.2. The van der Waals surface area contributed by atoms with Gasteiger partial charge in [0.05, 0.1) is 11.6 Å². The van der Waals surface area contributed by atoms with Gasteiger partial charge in [-0.3, -0.25) is 0 Å². The number of nitriles is 1. The van der Waals surface area contributed by atoms with Crippen LogP contribution in [0.4, 0.5) is 0 Å². The molecule has 0 radical (unpaired) electrons. The lowest BCUT2D eigenvalue weighted by atomic mass is 9.81. The van der Waals surface area contributed by atoms with Gasteiger partial charge in [0.1, 0.15) is 0 Å². The second-order valence-corrected chi connectivity index (χ2v) is 11.3. The lowest BCUT2D eigenvalue weighted by Gasteiger charge is -2.22. The fourth-order valence-corrected chi connectivity index (χ4v) is 6.41. The molecular formula is C39H29N. The minimum Gasteiger partial charge on any atom is -0.192 e. The predicted octanol–water partition coefficient (Wildman–Crippen LogP) is 9.94. The topological polar surface area (TPSA) is 23.8 Å². The maximum absolute atomic E-state index is 9.48. The van der Waals surface area contributed by atoms with Crippen molar-refractivity contribution in [3.8, 4) is 39.4 Å². The fraction of sp³-hybridized carbons (Fsp3) is 0.103. The Balaban J connectivity index is 1.28. The van der Waals surface area contributed by atoms with Crippen LogP contribution in [0.15, 0.2) is 127 Å². The van der Waals surface area contributed by atoms with Gasteiger partial charge >= 0.3 is 0 Å². The zero-order valence-corrected chi connectivity index (χ0v) is 22.8. The summed E-state index contributed by atoms with van der Waals surface area (Å²) in [5.74, 6) is 0. The van der Waals surface area contributed by atoms with Crippen molar-refractivity contribution in [3.63, 3.8) is 0 Å². The number of hydrogen-bond acceptors (Lipinski definition) is 1. The summed E-state index contributed by atoms with van der Waals surface area (Å²) in [5, 5.41) is 12.0. The molecule has 6 aromatic rings. The Bertz CT molecular complexity index is 1940. The molecule has 6 aromatic carbocycles. The molecule has 0 saturated carbocycles. The first-order chi connectivity index (χ1) is 19.5. The summed E-state index contributed by atoms with van der Waals surface area (Å²) in [4.78, 5) is 0. The molecule has 0 amide bonds. The van der Waals surface area contributed by atoms with Gasteiger partial charge in [-0.1, -0.05) is 123 Å². The quantitative estimate of drug-likeness (QED) is 0.231. The lowest BCUT2D eigenvalue weighted by molar-refractivity contribution is 0.660. The van der Waals surface area contributed by atoms with Crippen molar-refractivity contribution in [2.45, 2.75) is 25.7 Å². The number of fused-ring (bicyclic) bond motifs is 4. The molecule has 0 unspecified atom stereocenters. The molecule has 0 N–H and O–H groups in total. The van der Waals surface area contributed by atoms with Crippen molar-refractivity contribution >= 4 is 10.8 Å². The number of nitrogens with zero attached hydrogens (tertiary/aromatic N) is 1. The molecule has 0 aromatic heterocycles. The predicted molar refractivity (Wildman–Crippen MR) is 166 cm³/mol. The van der Waals surface area contributed by atoms with Gasteiger partial charge in [-0.15, -0.1) is 0 Å². The molecule has 0 fully saturated rings.